The maximum Gasteiger partial charge on any atom is 0.299 e. The van der Waals surface area contributed by atoms with Gasteiger partial charge in [0.05, 0.1) is 7.11 Å². The van der Waals surface area contributed by atoms with Gasteiger partial charge < -0.3 is 0 Å². The Labute approximate surface area is 54.5 Å². The summed E-state index contributed by atoms with van der Waals surface area (Å²) in [4.78, 5) is 5.94. The van der Waals surface area contributed by atoms with Crippen LogP contribution in [0.2, 0.25) is 0 Å². The first kappa shape index (κ1) is 8.83. The molecule has 6 heteroatoms. The van der Waals surface area contributed by atoms with Crippen molar-refractivity contribution in [2.45, 2.75) is 6.92 Å². The molecular formula is C3H10N2O3S. The predicted octanol–water partition coefficient (Wildman–Crippen LogP) is -1.01. The molecule has 5 nitrogen and oxygen atoms in total. The zero-order valence-corrected chi connectivity index (χ0v) is 6.16. The average molecular weight is 154 g/mol. The third-order valence-electron chi connectivity index (χ3n) is 0.527. The van der Waals surface area contributed by atoms with Gasteiger partial charge in [-0.1, -0.05) is 11.8 Å². The van der Waals surface area contributed by atoms with Crippen LogP contribution < -0.4 is 9.61 Å². The van der Waals surface area contributed by atoms with E-state index in [1.165, 1.54) is 7.11 Å². The van der Waals surface area contributed by atoms with Gasteiger partial charge in [0, 0.05) is 6.54 Å². The zero-order valence-electron chi connectivity index (χ0n) is 5.34. The van der Waals surface area contributed by atoms with E-state index in [4.69, 9.17) is 0 Å². The number of nitrogens with one attached hydrogen (secondary N) is 2. The van der Waals surface area contributed by atoms with Crippen molar-refractivity contribution in [3.8, 4) is 0 Å². The number of rotatable bonds is 4. The molecule has 0 heterocycles. The van der Waals surface area contributed by atoms with E-state index >= 15 is 0 Å². The number of hydrogen-bond donors (Lipinski definition) is 2. The van der Waals surface area contributed by atoms with Crippen LogP contribution >= 0.6 is 0 Å². The highest BCUT2D eigenvalue weighted by molar-refractivity contribution is 7.87. The van der Waals surface area contributed by atoms with Gasteiger partial charge in [-0.05, 0) is 0 Å². The van der Waals surface area contributed by atoms with E-state index in [2.05, 4.69) is 9.56 Å². The van der Waals surface area contributed by atoms with Crippen molar-refractivity contribution in [3.63, 3.8) is 0 Å². The Kier molecular flexibility index (Phi) is 3.71. The van der Waals surface area contributed by atoms with Crippen molar-refractivity contribution in [3.05, 3.63) is 0 Å². The first-order valence-electron chi connectivity index (χ1n) is 2.41. The lowest BCUT2D eigenvalue weighted by molar-refractivity contribution is 0.152. The van der Waals surface area contributed by atoms with Crippen molar-refractivity contribution < 1.29 is 13.3 Å². The van der Waals surface area contributed by atoms with Crippen LogP contribution in [0.3, 0.4) is 0 Å². The molecule has 0 fully saturated rings. The van der Waals surface area contributed by atoms with Crippen LogP contribution in [-0.4, -0.2) is 22.1 Å². The lowest BCUT2D eigenvalue weighted by atomic mass is 10.8. The maximum atomic E-state index is 10.5. The molecule has 9 heavy (non-hydrogen) atoms. The summed E-state index contributed by atoms with van der Waals surface area (Å²) in [5.74, 6) is 0. The molecule has 0 aliphatic rings. The van der Waals surface area contributed by atoms with Crippen LogP contribution in [0.1, 0.15) is 6.92 Å². The molecule has 0 aliphatic heterocycles. The highest BCUT2D eigenvalue weighted by Crippen LogP contribution is 1.72. The van der Waals surface area contributed by atoms with Gasteiger partial charge >= 0.3 is 0 Å². The Morgan fingerprint density at radius 1 is 1.56 bits per heavy atom. The molecule has 0 radical (unpaired) electrons. The van der Waals surface area contributed by atoms with Crippen molar-refractivity contribution in [1.82, 2.24) is 9.61 Å². The van der Waals surface area contributed by atoms with E-state index < -0.39 is 10.2 Å². The Morgan fingerprint density at radius 3 is 2.44 bits per heavy atom. The fourth-order valence-electron chi connectivity index (χ4n) is 0.329. The standard InChI is InChI=1S/C3H10N2O3S/c1-3-4-9(6,7)5-8-2/h4-5H,3H2,1-2H3. The Morgan fingerprint density at radius 2 is 2.11 bits per heavy atom. The Bertz CT molecular complexity index is 140. The van der Waals surface area contributed by atoms with Gasteiger partial charge in [0.25, 0.3) is 10.2 Å². The summed E-state index contributed by atoms with van der Waals surface area (Å²) in [6, 6.07) is 0. The molecule has 0 spiro atoms. The monoisotopic (exact) mass is 154 g/mol. The largest absolute Gasteiger partial charge is 0.299 e. The first-order valence-corrected chi connectivity index (χ1v) is 3.90. The smallest absolute Gasteiger partial charge is 0.289 e. The van der Waals surface area contributed by atoms with Crippen molar-refractivity contribution in [2.24, 2.45) is 0 Å². The third kappa shape index (κ3) is 4.34. The van der Waals surface area contributed by atoms with Crippen molar-refractivity contribution in [2.75, 3.05) is 13.7 Å². The summed E-state index contributed by atoms with van der Waals surface area (Å²) >= 11 is 0. The van der Waals surface area contributed by atoms with E-state index in [0.29, 0.717) is 6.54 Å². The molecule has 0 saturated carbocycles. The normalized spacial score (nSPS) is 11.8. The highest BCUT2D eigenvalue weighted by Gasteiger charge is 2.03. The minimum Gasteiger partial charge on any atom is -0.289 e. The van der Waals surface area contributed by atoms with E-state index in [-0.39, 0.29) is 0 Å². The summed E-state index contributed by atoms with van der Waals surface area (Å²) in [6.07, 6.45) is 0. The topological polar surface area (TPSA) is 67.4 Å². The predicted molar refractivity (Wildman–Crippen MR) is 32.7 cm³/mol. The molecule has 0 aromatic heterocycles. The van der Waals surface area contributed by atoms with Gasteiger partial charge in [-0.2, -0.15) is 8.42 Å². The molecule has 2 N–H and O–H groups in total. The van der Waals surface area contributed by atoms with E-state index in [0.717, 1.165) is 0 Å². The fourth-order valence-corrected chi connectivity index (χ4v) is 0.988. The highest BCUT2D eigenvalue weighted by atomic mass is 32.2. The molecule has 0 amide bonds. The third-order valence-corrected chi connectivity index (χ3v) is 1.58. The minimum absolute atomic E-state index is 0.346. The SMILES string of the molecule is CCNS(=O)(=O)NOC. The van der Waals surface area contributed by atoms with Crippen LogP contribution in [0.4, 0.5) is 0 Å². The number of hydrogen-bond acceptors (Lipinski definition) is 3. The van der Waals surface area contributed by atoms with Gasteiger partial charge in [-0.3, -0.25) is 4.84 Å². The molecule has 0 unspecified atom stereocenters. The average Bonchev–Trinajstić information content (AvgIpc) is 1.64. The maximum absolute atomic E-state index is 10.5. The summed E-state index contributed by atoms with van der Waals surface area (Å²) in [5.41, 5.74) is 0. The van der Waals surface area contributed by atoms with Crippen molar-refractivity contribution in [1.29, 1.82) is 0 Å². The Balaban J connectivity index is 3.73. The van der Waals surface area contributed by atoms with Crippen LogP contribution in [0.25, 0.3) is 0 Å². The molecule has 56 valence electrons. The second-order valence-corrected chi connectivity index (χ2v) is 2.75. The summed E-state index contributed by atoms with van der Waals surface area (Å²) in [5, 5.41) is 0. The van der Waals surface area contributed by atoms with Gasteiger partial charge in [-0.25, -0.2) is 4.72 Å². The summed E-state index contributed by atoms with van der Waals surface area (Å²) in [6.45, 7) is 2.02. The lowest BCUT2D eigenvalue weighted by Crippen LogP contribution is -2.35. The van der Waals surface area contributed by atoms with E-state index in [1.807, 2.05) is 0 Å². The van der Waals surface area contributed by atoms with Gasteiger partial charge in [-0.15, -0.1) is 0 Å². The van der Waals surface area contributed by atoms with Gasteiger partial charge in [0.1, 0.15) is 0 Å². The second kappa shape index (κ2) is 3.78. The zero-order chi connectivity index (χ0) is 7.33. The van der Waals surface area contributed by atoms with Gasteiger partial charge in [0.15, 0.2) is 0 Å². The van der Waals surface area contributed by atoms with Crippen LogP contribution in [0.15, 0.2) is 0 Å². The first-order chi connectivity index (χ1) is 4.12. The fraction of sp³-hybridized carbons (Fsp3) is 1.00. The van der Waals surface area contributed by atoms with Gasteiger partial charge in [0.2, 0.25) is 0 Å². The molecule has 0 saturated heterocycles. The summed E-state index contributed by atoms with van der Waals surface area (Å²) < 4.78 is 23.1. The second-order valence-electron chi connectivity index (χ2n) is 1.29. The minimum atomic E-state index is -3.40. The van der Waals surface area contributed by atoms with Crippen molar-refractivity contribution >= 4 is 10.2 Å². The van der Waals surface area contributed by atoms with Crippen LogP contribution in [0, 0.1) is 0 Å². The molecule has 0 aromatic carbocycles. The molecule has 0 aromatic rings. The van der Waals surface area contributed by atoms with E-state index in [9.17, 15) is 8.42 Å². The lowest BCUT2D eigenvalue weighted by Gasteiger charge is -2.01. The quantitative estimate of drug-likeness (QED) is 0.510. The van der Waals surface area contributed by atoms with Crippen LogP contribution in [0.5, 0.6) is 0 Å². The molecular weight excluding hydrogens is 144 g/mol. The molecule has 0 aliphatic carbocycles. The molecule has 0 rings (SSSR count). The molecule has 0 bridgehead atoms. The summed E-state index contributed by atoms with van der Waals surface area (Å²) in [7, 11) is -2.17. The van der Waals surface area contributed by atoms with Crippen LogP contribution in [-0.2, 0) is 15.0 Å². The Hall–Kier alpha value is -0.170. The molecule has 0 atom stereocenters. The van der Waals surface area contributed by atoms with E-state index in [1.54, 1.807) is 11.8 Å².